The molecule has 1 aromatic heterocycles. The molecular formula is C29H39N3O2S. The zero-order valence-electron chi connectivity index (χ0n) is 21.2. The lowest BCUT2D eigenvalue weighted by atomic mass is 9.89. The molecule has 35 heavy (non-hydrogen) atoms. The third kappa shape index (κ3) is 5.19. The minimum absolute atomic E-state index is 0.114. The van der Waals surface area contributed by atoms with Crippen molar-refractivity contribution in [2.45, 2.75) is 70.9 Å². The van der Waals surface area contributed by atoms with Gasteiger partial charge in [-0.25, -0.2) is 0 Å². The molecule has 0 radical (unpaired) electrons. The van der Waals surface area contributed by atoms with Crippen molar-refractivity contribution in [3.63, 3.8) is 0 Å². The van der Waals surface area contributed by atoms with Gasteiger partial charge in [0, 0.05) is 44.0 Å². The maximum atomic E-state index is 13.7. The second kappa shape index (κ2) is 10.8. The number of piperazine rings is 1. The van der Waals surface area contributed by atoms with Gasteiger partial charge in [0.15, 0.2) is 0 Å². The zero-order valence-corrected chi connectivity index (χ0v) is 22.1. The van der Waals surface area contributed by atoms with Crippen molar-refractivity contribution in [3.8, 4) is 0 Å². The first-order chi connectivity index (χ1) is 17.0. The number of hydrogen-bond acceptors (Lipinski definition) is 4. The van der Waals surface area contributed by atoms with E-state index in [-0.39, 0.29) is 23.9 Å². The molecule has 2 atom stereocenters. The van der Waals surface area contributed by atoms with Crippen LogP contribution in [0.1, 0.15) is 73.1 Å². The fraction of sp³-hybridized carbons (Fsp3) is 0.586. The molecule has 0 unspecified atom stereocenters. The lowest BCUT2D eigenvalue weighted by Gasteiger charge is -2.43. The summed E-state index contributed by atoms with van der Waals surface area (Å²) in [5, 5.41) is 2.19. The van der Waals surface area contributed by atoms with E-state index >= 15 is 0 Å². The summed E-state index contributed by atoms with van der Waals surface area (Å²) in [5.74, 6) is 1.22. The largest absolute Gasteiger partial charge is 0.339 e. The molecule has 0 spiro atoms. The molecule has 2 aromatic rings. The van der Waals surface area contributed by atoms with E-state index in [4.69, 9.17) is 0 Å². The maximum absolute atomic E-state index is 13.7. The Kier molecular flexibility index (Phi) is 7.59. The van der Waals surface area contributed by atoms with Gasteiger partial charge < -0.3 is 9.80 Å². The SMILES string of the molecule is Cc1ccccc1[C@@H]1c2ccsc2CCN1[C@@H](C)C(=O)N1CCN(C(=O)CCC2CCCC2)CC1. The van der Waals surface area contributed by atoms with E-state index in [1.54, 1.807) is 0 Å². The van der Waals surface area contributed by atoms with Crippen molar-refractivity contribution in [1.82, 2.24) is 14.7 Å². The molecule has 5 nitrogen and oxygen atoms in total. The Bertz CT molecular complexity index is 1040. The molecule has 1 saturated carbocycles. The Balaban J connectivity index is 1.23. The van der Waals surface area contributed by atoms with Gasteiger partial charge in [0.2, 0.25) is 11.8 Å². The number of hydrogen-bond donors (Lipinski definition) is 0. The van der Waals surface area contributed by atoms with Crippen LogP contribution >= 0.6 is 11.3 Å². The Morgan fingerprint density at radius 1 is 0.971 bits per heavy atom. The first-order valence-electron chi connectivity index (χ1n) is 13.5. The second-order valence-electron chi connectivity index (χ2n) is 10.6. The van der Waals surface area contributed by atoms with Crippen molar-refractivity contribution in [3.05, 3.63) is 57.3 Å². The van der Waals surface area contributed by atoms with Gasteiger partial charge in [-0.2, -0.15) is 0 Å². The molecule has 0 bridgehead atoms. The summed E-state index contributed by atoms with van der Waals surface area (Å²) < 4.78 is 0. The van der Waals surface area contributed by atoms with E-state index in [2.05, 4.69) is 54.5 Å². The smallest absolute Gasteiger partial charge is 0.239 e. The monoisotopic (exact) mass is 493 g/mol. The average molecular weight is 494 g/mol. The third-order valence-electron chi connectivity index (χ3n) is 8.53. The summed E-state index contributed by atoms with van der Waals surface area (Å²) >= 11 is 1.84. The fourth-order valence-electron chi connectivity index (χ4n) is 6.36. The number of carbonyl (C=O) groups is 2. The van der Waals surface area contributed by atoms with Gasteiger partial charge in [0.05, 0.1) is 12.1 Å². The van der Waals surface area contributed by atoms with Gasteiger partial charge in [-0.05, 0) is 60.7 Å². The van der Waals surface area contributed by atoms with Crippen molar-refractivity contribution < 1.29 is 9.59 Å². The molecule has 5 rings (SSSR count). The highest BCUT2D eigenvalue weighted by atomic mass is 32.1. The number of nitrogens with zero attached hydrogens (tertiary/aromatic N) is 3. The van der Waals surface area contributed by atoms with Crippen LogP contribution in [0.5, 0.6) is 0 Å². The highest BCUT2D eigenvalue weighted by Gasteiger charge is 2.38. The normalized spacial score (nSPS) is 22.3. The van der Waals surface area contributed by atoms with E-state index in [1.807, 2.05) is 21.1 Å². The Morgan fingerprint density at radius 2 is 1.69 bits per heavy atom. The van der Waals surface area contributed by atoms with Crippen LogP contribution in [-0.2, 0) is 16.0 Å². The van der Waals surface area contributed by atoms with Crippen LogP contribution in [0.15, 0.2) is 35.7 Å². The number of aryl methyl sites for hydroxylation is 1. The highest BCUT2D eigenvalue weighted by Crippen LogP contribution is 2.40. The van der Waals surface area contributed by atoms with Crippen molar-refractivity contribution in [2.75, 3.05) is 32.7 Å². The van der Waals surface area contributed by atoms with Crippen LogP contribution in [-0.4, -0.2) is 65.3 Å². The Morgan fingerprint density at radius 3 is 2.43 bits per heavy atom. The first-order valence-corrected chi connectivity index (χ1v) is 14.3. The Hall–Kier alpha value is -2.18. The number of benzene rings is 1. The molecule has 3 aliphatic rings. The summed E-state index contributed by atoms with van der Waals surface area (Å²) in [6, 6.07) is 10.7. The first kappa shape index (κ1) is 24.5. The summed E-state index contributed by atoms with van der Waals surface area (Å²) in [5.41, 5.74) is 3.92. The van der Waals surface area contributed by atoms with Crippen LogP contribution in [0, 0.1) is 12.8 Å². The number of rotatable bonds is 6. The predicted octanol–water partition coefficient (Wildman–Crippen LogP) is 5.03. The molecule has 2 aliphatic heterocycles. The number of amides is 2. The highest BCUT2D eigenvalue weighted by molar-refractivity contribution is 7.10. The van der Waals surface area contributed by atoms with E-state index in [0.29, 0.717) is 32.6 Å². The summed E-state index contributed by atoms with van der Waals surface area (Å²) in [4.78, 5) is 34.2. The summed E-state index contributed by atoms with van der Waals surface area (Å²) in [6.45, 7) is 7.75. The maximum Gasteiger partial charge on any atom is 0.239 e. The lowest BCUT2D eigenvalue weighted by Crippen LogP contribution is -2.56. The number of fused-ring (bicyclic) bond motifs is 1. The third-order valence-corrected chi connectivity index (χ3v) is 9.52. The standard InChI is InChI=1S/C29H39N3O2S/c1-21-7-3-6-10-24(21)28-25-14-20-35-26(25)13-15-32(28)22(2)29(34)31-18-16-30(17-19-31)27(33)12-11-23-8-4-5-9-23/h3,6-7,10,14,20,22-23,28H,4-5,8-9,11-13,15-19H2,1-2H3/t22-,28+/m0/s1. The molecule has 2 fully saturated rings. The summed E-state index contributed by atoms with van der Waals surface area (Å²) in [6.07, 6.45) is 7.94. The van der Waals surface area contributed by atoms with E-state index < -0.39 is 0 Å². The molecule has 6 heteroatoms. The van der Waals surface area contributed by atoms with Crippen molar-refractivity contribution >= 4 is 23.2 Å². The minimum atomic E-state index is -0.197. The molecular weight excluding hydrogens is 454 g/mol. The molecule has 1 aliphatic carbocycles. The van der Waals surface area contributed by atoms with Crippen molar-refractivity contribution in [2.24, 2.45) is 5.92 Å². The second-order valence-corrected chi connectivity index (χ2v) is 11.6. The minimum Gasteiger partial charge on any atom is -0.339 e. The van der Waals surface area contributed by atoms with Crippen LogP contribution in [0.25, 0.3) is 0 Å². The van der Waals surface area contributed by atoms with Crippen LogP contribution in [0.2, 0.25) is 0 Å². The van der Waals surface area contributed by atoms with E-state index in [9.17, 15) is 9.59 Å². The zero-order chi connectivity index (χ0) is 24.4. The van der Waals surface area contributed by atoms with Gasteiger partial charge in [-0.1, -0.05) is 49.9 Å². The van der Waals surface area contributed by atoms with Gasteiger partial charge >= 0.3 is 0 Å². The summed E-state index contributed by atoms with van der Waals surface area (Å²) in [7, 11) is 0. The molecule has 3 heterocycles. The fourth-order valence-corrected chi connectivity index (χ4v) is 7.26. The van der Waals surface area contributed by atoms with E-state index in [0.717, 1.165) is 25.3 Å². The van der Waals surface area contributed by atoms with E-state index in [1.165, 1.54) is 47.3 Å². The Labute approximate surface area is 214 Å². The molecule has 2 amide bonds. The molecule has 1 aromatic carbocycles. The number of carbonyl (C=O) groups excluding carboxylic acids is 2. The average Bonchev–Trinajstić information content (AvgIpc) is 3.58. The predicted molar refractivity (Wildman–Crippen MR) is 142 cm³/mol. The topological polar surface area (TPSA) is 43.9 Å². The van der Waals surface area contributed by atoms with Gasteiger partial charge in [-0.15, -0.1) is 11.3 Å². The van der Waals surface area contributed by atoms with Gasteiger partial charge in [0.1, 0.15) is 0 Å². The lowest BCUT2D eigenvalue weighted by molar-refractivity contribution is -0.143. The number of thiophene rings is 1. The quantitative estimate of drug-likeness (QED) is 0.567. The molecule has 188 valence electrons. The van der Waals surface area contributed by atoms with Crippen molar-refractivity contribution in [1.29, 1.82) is 0 Å². The van der Waals surface area contributed by atoms with Crippen LogP contribution < -0.4 is 0 Å². The molecule has 0 N–H and O–H groups in total. The van der Waals surface area contributed by atoms with Gasteiger partial charge in [0.25, 0.3) is 0 Å². The van der Waals surface area contributed by atoms with Gasteiger partial charge in [-0.3, -0.25) is 14.5 Å². The van der Waals surface area contributed by atoms with Crippen LogP contribution in [0.4, 0.5) is 0 Å². The molecule has 1 saturated heterocycles. The van der Waals surface area contributed by atoms with Crippen LogP contribution in [0.3, 0.4) is 0 Å².